The topological polar surface area (TPSA) is 36.4 Å². The third-order valence-corrected chi connectivity index (χ3v) is 4.59. The number of aromatic nitrogens is 1. The third kappa shape index (κ3) is 3.40. The van der Waals surface area contributed by atoms with E-state index in [4.69, 9.17) is 0 Å². The summed E-state index contributed by atoms with van der Waals surface area (Å²) >= 11 is 0. The number of amides is 1. The molecule has 114 valence electrons. The van der Waals surface area contributed by atoms with Crippen LogP contribution in [-0.2, 0) is 0 Å². The van der Waals surface area contributed by atoms with E-state index in [0.717, 1.165) is 25.9 Å². The fraction of sp³-hybridized carbons (Fsp3) is 0.625. The highest BCUT2D eigenvalue weighted by atomic mass is 19.1. The van der Waals surface area contributed by atoms with Crippen LogP contribution in [-0.4, -0.2) is 52.9 Å². The van der Waals surface area contributed by atoms with Gasteiger partial charge in [0.05, 0.1) is 0 Å². The number of hydrogen-bond acceptors (Lipinski definition) is 3. The van der Waals surface area contributed by atoms with Crippen molar-refractivity contribution >= 4 is 5.91 Å². The largest absolute Gasteiger partial charge is 0.337 e. The second-order valence-corrected chi connectivity index (χ2v) is 5.97. The number of pyridine rings is 1. The number of carbonyl (C=O) groups is 1. The highest BCUT2D eigenvalue weighted by Gasteiger charge is 2.28. The van der Waals surface area contributed by atoms with Crippen molar-refractivity contribution in [2.24, 2.45) is 0 Å². The maximum Gasteiger partial charge on any atom is 0.272 e. The molecule has 2 saturated heterocycles. The lowest BCUT2D eigenvalue weighted by Crippen LogP contribution is -2.48. The number of carbonyl (C=O) groups excluding carboxylic acids is 1. The molecule has 0 atom stereocenters. The molecule has 0 N–H and O–H groups in total. The Morgan fingerprint density at radius 3 is 2.48 bits per heavy atom. The smallest absolute Gasteiger partial charge is 0.272 e. The summed E-state index contributed by atoms with van der Waals surface area (Å²) in [6.45, 7) is 3.89. The molecule has 1 aromatic heterocycles. The monoisotopic (exact) mass is 291 g/mol. The summed E-state index contributed by atoms with van der Waals surface area (Å²) in [4.78, 5) is 20.4. The van der Waals surface area contributed by atoms with Gasteiger partial charge in [0.15, 0.2) is 0 Å². The normalized spacial score (nSPS) is 21.5. The second kappa shape index (κ2) is 6.52. The molecule has 1 amide bonds. The number of hydrogen-bond donors (Lipinski definition) is 0. The third-order valence-electron chi connectivity index (χ3n) is 4.59. The van der Waals surface area contributed by atoms with E-state index < -0.39 is 5.95 Å². The average Bonchev–Trinajstić information content (AvgIpc) is 2.55. The van der Waals surface area contributed by atoms with Crippen LogP contribution in [0.1, 0.15) is 42.6 Å². The molecular weight excluding hydrogens is 269 g/mol. The first-order chi connectivity index (χ1) is 10.2. The van der Waals surface area contributed by atoms with Gasteiger partial charge in [0.25, 0.3) is 5.91 Å². The van der Waals surface area contributed by atoms with Crippen molar-refractivity contribution in [2.75, 3.05) is 26.2 Å². The van der Waals surface area contributed by atoms with Gasteiger partial charge in [-0.05, 0) is 50.9 Å². The summed E-state index contributed by atoms with van der Waals surface area (Å²) in [7, 11) is 0. The lowest BCUT2D eigenvalue weighted by atomic mass is 9.99. The Bertz CT molecular complexity index is 494. The van der Waals surface area contributed by atoms with Gasteiger partial charge in [-0.25, -0.2) is 4.98 Å². The number of rotatable bonds is 2. The van der Waals surface area contributed by atoms with E-state index in [9.17, 15) is 9.18 Å². The zero-order valence-corrected chi connectivity index (χ0v) is 12.3. The van der Waals surface area contributed by atoms with Crippen molar-refractivity contribution in [2.45, 2.75) is 38.1 Å². The molecule has 2 aliphatic rings. The first-order valence-corrected chi connectivity index (χ1v) is 7.90. The second-order valence-electron chi connectivity index (χ2n) is 5.97. The van der Waals surface area contributed by atoms with Gasteiger partial charge in [-0.15, -0.1) is 0 Å². The summed E-state index contributed by atoms with van der Waals surface area (Å²) in [6, 6.07) is 4.99. The maximum absolute atomic E-state index is 13.1. The lowest BCUT2D eigenvalue weighted by Gasteiger charge is -2.40. The van der Waals surface area contributed by atoms with Gasteiger partial charge in [-0.2, -0.15) is 4.39 Å². The van der Waals surface area contributed by atoms with Crippen molar-refractivity contribution < 1.29 is 9.18 Å². The molecular formula is C16H22FN3O. The minimum absolute atomic E-state index is 0.147. The van der Waals surface area contributed by atoms with Gasteiger partial charge >= 0.3 is 0 Å². The predicted molar refractivity (Wildman–Crippen MR) is 78.5 cm³/mol. The van der Waals surface area contributed by atoms with Crippen LogP contribution < -0.4 is 0 Å². The summed E-state index contributed by atoms with van der Waals surface area (Å²) in [5.74, 6) is -0.740. The molecule has 0 saturated carbocycles. The van der Waals surface area contributed by atoms with Crippen LogP contribution in [0.2, 0.25) is 0 Å². The Labute approximate surface area is 125 Å². The summed E-state index contributed by atoms with van der Waals surface area (Å²) in [5.41, 5.74) is 0.214. The van der Waals surface area contributed by atoms with Crippen LogP contribution in [0, 0.1) is 5.95 Å². The average molecular weight is 291 g/mol. The molecule has 0 aromatic carbocycles. The summed E-state index contributed by atoms with van der Waals surface area (Å²) < 4.78 is 13.1. The minimum atomic E-state index is -0.593. The van der Waals surface area contributed by atoms with Crippen LogP contribution in [0.4, 0.5) is 4.39 Å². The molecule has 3 rings (SSSR count). The van der Waals surface area contributed by atoms with Crippen LogP contribution in [0.5, 0.6) is 0 Å². The Kier molecular flexibility index (Phi) is 4.48. The van der Waals surface area contributed by atoms with Crippen LogP contribution in [0.3, 0.4) is 0 Å². The minimum Gasteiger partial charge on any atom is -0.337 e. The van der Waals surface area contributed by atoms with Crippen LogP contribution >= 0.6 is 0 Å². The zero-order chi connectivity index (χ0) is 14.7. The van der Waals surface area contributed by atoms with Crippen molar-refractivity contribution in [3.8, 4) is 0 Å². The van der Waals surface area contributed by atoms with E-state index in [1.54, 1.807) is 6.07 Å². The number of likely N-dealkylation sites (tertiary alicyclic amines) is 2. The molecule has 5 heteroatoms. The van der Waals surface area contributed by atoms with E-state index in [2.05, 4.69) is 9.88 Å². The molecule has 21 heavy (non-hydrogen) atoms. The fourth-order valence-electron chi connectivity index (χ4n) is 3.41. The highest BCUT2D eigenvalue weighted by Crippen LogP contribution is 2.21. The number of nitrogens with zero attached hydrogens (tertiary/aromatic N) is 3. The van der Waals surface area contributed by atoms with E-state index in [-0.39, 0.29) is 11.6 Å². The predicted octanol–water partition coefficient (Wildman–Crippen LogP) is 2.31. The molecule has 0 radical (unpaired) electrons. The van der Waals surface area contributed by atoms with Crippen LogP contribution in [0.15, 0.2) is 18.2 Å². The Morgan fingerprint density at radius 1 is 1.10 bits per heavy atom. The van der Waals surface area contributed by atoms with E-state index in [0.29, 0.717) is 6.04 Å². The SMILES string of the molecule is O=C(c1cccc(F)n1)N1CCC(N2CCCCC2)CC1. The van der Waals surface area contributed by atoms with E-state index in [1.165, 1.54) is 44.5 Å². The van der Waals surface area contributed by atoms with Crippen molar-refractivity contribution in [3.05, 3.63) is 29.8 Å². The molecule has 0 bridgehead atoms. The van der Waals surface area contributed by atoms with Crippen molar-refractivity contribution in [1.82, 2.24) is 14.8 Å². The fourth-order valence-corrected chi connectivity index (χ4v) is 3.41. The molecule has 3 heterocycles. The molecule has 1 aromatic rings. The van der Waals surface area contributed by atoms with Gasteiger partial charge in [-0.3, -0.25) is 4.79 Å². The number of halogens is 1. The highest BCUT2D eigenvalue weighted by molar-refractivity contribution is 5.92. The van der Waals surface area contributed by atoms with Crippen molar-refractivity contribution in [3.63, 3.8) is 0 Å². The summed E-state index contributed by atoms with van der Waals surface area (Å²) in [6.07, 6.45) is 5.97. The van der Waals surface area contributed by atoms with Gasteiger partial charge in [0.2, 0.25) is 5.95 Å². The van der Waals surface area contributed by atoms with E-state index >= 15 is 0 Å². The van der Waals surface area contributed by atoms with E-state index in [1.807, 2.05) is 4.90 Å². The maximum atomic E-state index is 13.1. The molecule has 0 aliphatic carbocycles. The Balaban J connectivity index is 1.56. The Morgan fingerprint density at radius 2 is 1.81 bits per heavy atom. The molecule has 0 spiro atoms. The zero-order valence-electron chi connectivity index (χ0n) is 12.3. The first-order valence-electron chi connectivity index (χ1n) is 7.90. The van der Waals surface area contributed by atoms with Gasteiger partial charge in [0, 0.05) is 19.1 Å². The quantitative estimate of drug-likeness (QED) is 0.785. The first kappa shape index (κ1) is 14.4. The van der Waals surface area contributed by atoms with Crippen molar-refractivity contribution in [1.29, 1.82) is 0 Å². The van der Waals surface area contributed by atoms with Gasteiger partial charge < -0.3 is 9.80 Å². The molecule has 2 fully saturated rings. The van der Waals surface area contributed by atoms with Gasteiger partial charge in [0.1, 0.15) is 5.69 Å². The standard InChI is InChI=1S/C16H22FN3O/c17-15-6-4-5-14(18-15)16(21)20-11-7-13(8-12-20)19-9-2-1-3-10-19/h4-6,13H,1-3,7-12H2. The lowest BCUT2D eigenvalue weighted by molar-refractivity contribution is 0.0583. The molecule has 4 nitrogen and oxygen atoms in total. The molecule has 2 aliphatic heterocycles. The summed E-state index contributed by atoms with van der Waals surface area (Å²) in [5, 5.41) is 0. The van der Waals surface area contributed by atoms with Gasteiger partial charge in [-0.1, -0.05) is 12.5 Å². The van der Waals surface area contributed by atoms with Crippen LogP contribution in [0.25, 0.3) is 0 Å². The molecule has 0 unspecified atom stereocenters. The Hall–Kier alpha value is -1.49. The number of piperidine rings is 2.